The van der Waals surface area contributed by atoms with Crippen LogP contribution in [0.15, 0.2) is 60.0 Å². The van der Waals surface area contributed by atoms with Crippen molar-refractivity contribution >= 4 is 34.8 Å². The van der Waals surface area contributed by atoms with Gasteiger partial charge in [-0.25, -0.2) is 0 Å². The maximum Gasteiger partial charge on any atom is 0.255 e. The van der Waals surface area contributed by atoms with E-state index in [1.54, 1.807) is 12.1 Å². The van der Waals surface area contributed by atoms with Crippen LogP contribution in [0.5, 0.6) is 0 Å². The van der Waals surface area contributed by atoms with E-state index < -0.39 is 0 Å². The molecule has 35 heavy (non-hydrogen) atoms. The summed E-state index contributed by atoms with van der Waals surface area (Å²) >= 11 is 8.07. The number of benzene rings is 2. The fourth-order valence-corrected chi connectivity index (χ4v) is 6.37. The molecule has 0 bridgehead atoms. The summed E-state index contributed by atoms with van der Waals surface area (Å²) in [7, 11) is 0. The molecule has 0 aliphatic carbocycles. The van der Waals surface area contributed by atoms with E-state index in [9.17, 15) is 9.59 Å². The monoisotopic (exact) mass is 507 g/mol. The summed E-state index contributed by atoms with van der Waals surface area (Å²) in [6.07, 6.45) is 1.74. The highest BCUT2D eigenvalue weighted by atomic mass is 35.5. The lowest BCUT2D eigenvalue weighted by molar-refractivity contribution is -0.132. The van der Waals surface area contributed by atoms with Crippen LogP contribution in [0.3, 0.4) is 0 Å². The Labute approximate surface area is 215 Å². The van der Waals surface area contributed by atoms with Gasteiger partial charge in [0.2, 0.25) is 5.91 Å². The lowest BCUT2D eigenvalue weighted by atomic mass is 9.90. The Morgan fingerprint density at radius 1 is 0.914 bits per heavy atom. The third-order valence-electron chi connectivity index (χ3n) is 7.13. The predicted molar refractivity (Wildman–Crippen MR) is 141 cm³/mol. The van der Waals surface area contributed by atoms with Crippen molar-refractivity contribution in [1.82, 2.24) is 14.7 Å². The lowest BCUT2D eigenvalue weighted by Gasteiger charge is -2.37. The predicted octanol–water partition coefficient (Wildman–Crippen LogP) is 5.03. The minimum absolute atomic E-state index is 0.0643. The second-order valence-corrected chi connectivity index (χ2v) is 10.7. The highest BCUT2D eigenvalue weighted by molar-refractivity contribution is 7.10. The maximum atomic E-state index is 13.5. The molecule has 1 atom stereocenters. The number of carbonyl (C=O) groups is 2. The van der Waals surface area contributed by atoms with Gasteiger partial charge in [-0.2, -0.15) is 0 Å². The molecule has 2 aliphatic rings. The number of halogens is 1. The fourth-order valence-electron chi connectivity index (χ4n) is 5.25. The van der Waals surface area contributed by atoms with E-state index in [2.05, 4.69) is 47.5 Å². The molecule has 0 unspecified atom stereocenters. The average Bonchev–Trinajstić information content (AvgIpc) is 3.20. The van der Waals surface area contributed by atoms with Crippen molar-refractivity contribution in [2.24, 2.45) is 0 Å². The van der Waals surface area contributed by atoms with E-state index >= 15 is 0 Å². The molecular weight excluding hydrogens is 478 g/mol. The van der Waals surface area contributed by atoms with Crippen molar-refractivity contribution in [3.05, 3.63) is 92.1 Å². The summed E-state index contributed by atoms with van der Waals surface area (Å²) in [5, 5.41) is 2.63. The van der Waals surface area contributed by atoms with Crippen LogP contribution in [0.1, 0.15) is 44.4 Å². The molecule has 3 heterocycles. The molecule has 5 rings (SSSR count). The molecule has 5 nitrogen and oxygen atoms in total. The summed E-state index contributed by atoms with van der Waals surface area (Å²) in [4.78, 5) is 34.0. The van der Waals surface area contributed by atoms with Gasteiger partial charge in [0.1, 0.15) is 0 Å². The molecule has 3 aromatic rings. The molecular formula is C28H30ClN3O2S. The van der Waals surface area contributed by atoms with E-state index in [-0.39, 0.29) is 17.9 Å². The van der Waals surface area contributed by atoms with E-state index in [1.807, 2.05) is 33.3 Å². The second-order valence-electron chi connectivity index (χ2n) is 9.29. The Morgan fingerprint density at radius 2 is 1.66 bits per heavy atom. The Kier molecular flexibility index (Phi) is 7.23. The standard InChI is InChI=1S/C28H30ClN3O2S/c1-20-7-2-3-8-21(20)27-23-12-18-35-25(23)11-15-32(27)19-26(33)30-13-6-14-31(17-16-30)28(34)22-9-4-5-10-24(22)29/h2-5,7-10,12,18,27H,6,11,13-17,19H2,1H3/t27-/m0/s1. The number of nitrogens with zero attached hydrogens (tertiary/aromatic N) is 3. The van der Waals surface area contributed by atoms with Gasteiger partial charge in [-0.05, 0) is 60.0 Å². The third kappa shape index (κ3) is 5.01. The van der Waals surface area contributed by atoms with Crippen molar-refractivity contribution in [3.63, 3.8) is 0 Å². The molecule has 1 aromatic heterocycles. The molecule has 182 valence electrons. The number of carbonyl (C=O) groups excluding carboxylic acids is 2. The first kappa shape index (κ1) is 24.0. The quantitative estimate of drug-likeness (QED) is 0.497. The van der Waals surface area contributed by atoms with Crippen LogP contribution in [0.2, 0.25) is 5.02 Å². The Morgan fingerprint density at radius 3 is 2.49 bits per heavy atom. The third-order valence-corrected chi connectivity index (χ3v) is 8.45. The van der Waals surface area contributed by atoms with Crippen LogP contribution in [-0.2, 0) is 11.2 Å². The first-order chi connectivity index (χ1) is 17.0. The van der Waals surface area contributed by atoms with Crippen LogP contribution >= 0.6 is 22.9 Å². The van der Waals surface area contributed by atoms with Crippen LogP contribution in [-0.4, -0.2) is 65.8 Å². The number of fused-ring (bicyclic) bond motifs is 1. The van der Waals surface area contributed by atoms with Gasteiger partial charge in [0.25, 0.3) is 5.91 Å². The zero-order chi connectivity index (χ0) is 24.4. The van der Waals surface area contributed by atoms with Gasteiger partial charge in [0.05, 0.1) is 23.2 Å². The molecule has 0 radical (unpaired) electrons. The van der Waals surface area contributed by atoms with Crippen LogP contribution in [0.4, 0.5) is 0 Å². The fraction of sp³-hybridized carbons (Fsp3) is 0.357. The SMILES string of the molecule is Cc1ccccc1[C@H]1c2ccsc2CCN1CC(=O)N1CCCN(C(=O)c2ccccc2Cl)CC1. The summed E-state index contributed by atoms with van der Waals surface area (Å²) in [6.45, 7) is 5.75. The zero-order valence-electron chi connectivity index (χ0n) is 20.0. The van der Waals surface area contributed by atoms with Gasteiger partial charge in [0, 0.05) is 37.6 Å². The van der Waals surface area contributed by atoms with Gasteiger partial charge < -0.3 is 9.80 Å². The lowest BCUT2D eigenvalue weighted by Crippen LogP contribution is -2.45. The number of amides is 2. The molecule has 2 aromatic carbocycles. The van der Waals surface area contributed by atoms with Gasteiger partial charge in [-0.1, -0.05) is 48.0 Å². The Hall–Kier alpha value is -2.67. The number of aryl methyl sites for hydroxylation is 1. The number of rotatable bonds is 4. The van der Waals surface area contributed by atoms with Gasteiger partial charge in [0.15, 0.2) is 0 Å². The van der Waals surface area contributed by atoms with Gasteiger partial charge in [-0.15, -0.1) is 11.3 Å². The molecule has 0 saturated carbocycles. The van der Waals surface area contributed by atoms with Gasteiger partial charge >= 0.3 is 0 Å². The molecule has 1 fully saturated rings. The zero-order valence-corrected chi connectivity index (χ0v) is 21.5. The summed E-state index contributed by atoms with van der Waals surface area (Å²) < 4.78 is 0. The minimum Gasteiger partial charge on any atom is -0.340 e. The van der Waals surface area contributed by atoms with Crippen LogP contribution < -0.4 is 0 Å². The molecule has 2 aliphatic heterocycles. The maximum absolute atomic E-state index is 13.5. The largest absolute Gasteiger partial charge is 0.340 e. The highest BCUT2D eigenvalue weighted by Crippen LogP contribution is 2.38. The Balaban J connectivity index is 1.29. The van der Waals surface area contributed by atoms with Crippen LogP contribution in [0.25, 0.3) is 0 Å². The van der Waals surface area contributed by atoms with E-state index in [1.165, 1.54) is 21.6 Å². The molecule has 2 amide bonds. The van der Waals surface area contributed by atoms with E-state index in [0.717, 1.165) is 19.4 Å². The number of thiophene rings is 1. The first-order valence-corrected chi connectivity index (χ1v) is 13.5. The molecule has 1 saturated heterocycles. The highest BCUT2D eigenvalue weighted by Gasteiger charge is 2.33. The van der Waals surface area contributed by atoms with Crippen molar-refractivity contribution < 1.29 is 9.59 Å². The van der Waals surface area contributed by atoms with Crippen molar-refractivity contribution in [2.45, 2.75) is 25.8 Å². The van der Waals surface area contributed by atoms with E-state index in [4.69, 9.17) is 11.6 Å². The molecule has 0 spiro atoms. The molecule has 7 heteroatoms. The van der Waals surface area contributed by atoms with Crippen LogP contribution in [0, 0.1) is 6.92 Å². The topological polar surface area (TPSA) is 43.9 Å². The average molecular weight is 508 g/mol. The van der Waals surface area contributed by atoms with Crippen molar-refractivity contribution in [3.8, 4) is 0 Å². The molecule has 0 N–H and O–H groups in total. The second kappa shape index (κ2) is 10.5. The first-order valence-electron chi connectivity index (χ1n) is 12.2. The number of hydrogen-bond donors (Lipinski definition) is 0. The van der Waals surface area contributed by atoms with E-state index in [0.29, 0.717) is 43.3 Å². The Bertz CT molecular complexity index is 1230. The summed E-state index contributed by atoms with van der Waals surface area (Å²) in [5.74, 6) is 0.0693. The minimum atomic E-state index is -0.0643. The van der Waals surface area contributed by atoms with Crippen molar-refractivity contribution in [1.29, 1.82) is 0 Å². The number of hydrogen-bond acceptors (Lipinski definition) is 4. The normalized spacial score (nSPS) is 18.7. The summed E-state index contributed by atoms with van der Waals surface area (Å²) in [5.41, 5.74) is 4.37. The summed E-state index contributed by atoms with van der Waals surface area (Å²) in [6, 6.07) is 18.0. The van der Waals surface area contributed by atoms with Crippen molar-refractivity contribution in [2.75, 3.05) is 39.3 Å². The smallest absolute Gasteiger partial charge is 0.255 e. The van der Waals surface area contributed by atoms with Gasteiger partial charge in [-0.3, -0.25) is 14.5 Å².